The molecule has 2 rings (SSSR count). The molecule has 0 aromatic carbocycles. The second kappa shape index (κ2) is 4.27. The second-order valence-corrected chi connectivity index (χ2v) is 4.08. The van der Waals surface area contributed by atoms with E-state index in [4.69, 9.17) is 11.6 Å². The lowest BCUT2D eigenvalue weighted by molar-refractivity contribution is 0.605. The monoisotopic (exact) mass is 239 g/mol. The lowest BCUT2D eigenvalue weighted by atomic mass is 10.1. The van der Waals surface area contributed by atoms with E-state index in [-0.39, 0.29) is 6.04 Å². The predicted octanol–water partition coefficient (Wildman–Crippen LogP) is 1.12. The molecule has 1 unspecified atom stereocenters. The van der Waals surface area contributed by atoms with Crippen LogP contribution in [0.2, 0.25) is 5.02 Å². The van der Waals surface area contributed by atoms with Crippen molar-refractivity contribution in [3.05, 3.63) is 34.9 Å². The molecule has 5 nitrogen and oxygen atoms in total. The number of aromatic nitrogens is 4. The summed E-state index contributed by atoms with van der Waals surface area (Å²) in [6, 6.07) is 0.00806. The Kier molecular flexibility index (Phi) is 2.98. The van der Waals surface area contributed by atoms with Crippen LogP contribution in [0.3, 0.4) is 0 Å². The Balaban J connectivity index is 2.44. The van der Waals surface area contributed by atoms with Crippen molar-refractivity contribution in [1.82, 2.24) is 24.9 Å². The van der Waals surface area contributed by atoms with E-state index in [0.29, 0.717) is 5.02 Å². The van der Waals surface area contributed by atoms with Crippen molar-refractivity contribution in [2.45, 2.75) is 6.04 Å². The number of hydrogen-bond donors (Lipinski definition) is 1. The van der Waals surface area contributed by atoms with Crippen LogP contribution in [0.4, 0.5) is 0 Å². The number of rotatable bonds is 3. The van der Waals surface area contributed by atoms with Gasteiger partial charge in [0.25, 0.3) is 0 Å². The SMILES string of the molecule is CNC(c1cnn(C)c1)c1c(Cl)cnn1C. The van der Waals surface area contributed by atoms with Crippen LogP contribution in [0.1, 0.15) is 17.3 Å². The zero-order chi connectivity index (χ0) is 11.7. The summed E-state index contributed by atoms with van der Waals surface area (Å²) in [5.74, 6) is 0. The molecule has 0 bridgehead atoms. The molecule has 86 valence electrons. The maximum atomic E-state index is 6.12. The molecule has 0 spiro atoms. The van der Waals surface area contributed by atoms with Crippen LogP contribution in [0.15, 0.2) is 18.6 Å². The summed E-state index contributed by atoms with van der Waals surface area (Å²) in [5, 5.41) is 12.2. The van der Waals surface area contributed by atoms with Crippen LogP contribution < -0.4 is 5.32 Å². The number of halogens is 1. The molecule has 2 aromatic heterocycles. The van der Waals surface area contributed by atoms with Gasteiger partial charge in [-0.2, -0.15) is 10.2 Å². The predicted molar refractivity (Wildman–Crippen MR) is 62.3 cm³/mol. The van der Waals surface area contributed by atoms with Crippen molar-refractivity contribution in [2.75, 3.05) is 7.05 Å². The number of aryl methyl sites for hydroxylation is 2. The van der Waals surface area contributed by atoms with E-state index in [9.17, 15) is 0 Å². The van der Waals surface area contributed by atoms with Gasteiger partial charge in [-0.1, -0.05) is 11.6 Å². The van der Waals surface area contributed by atoms with Gasteiger partial charge in [0.1, 0.15) is 0 Å². The lowest BCUT2D eigenvalue weighted by Crippen LogP contribution is -2.20. The summed E-state index contributed by atoms with van der Waals surface area (Å²) >= 11 is 6.12. The van der Waals surface area contributed by atoms with Gasteiger partial charge in [0.15, 0.2) is 0 Å². The molecule has 16 heavy (non-hydrogen) atoms. The van der Waals surface area contributed by atoms with Crippen LogP contribution in [-0.4, -0.2) is 26.6 Å². The van der Waals surface area contributed by atoms with Crippen molar-refractivity contribution < 1.29 is 0 Å². The zero-order valence-corrected chi connectivity index (χ0v) is 10.2. The van der Waals surface area contributed by atoms with E-state index in [0.717, 1.165) is 11.3 Å². The van der Waals surface area contributed by atoms with Crippen LogP contribution in [0.5, 0.6) is 0 Å². The first-order valence-electron chi connectivity index (χ1n) is 4.96. The van der Waals surface area contributed by atoms with Crippen molar-refractivity contribution in [3.8, 4) is 0 Å². The Morgan fingerprint density at radius 3 is 2.50 bits per heavy atom. The number of hydrogen-bond acceptors (Lipinski definition) is 3. The number of nitrogens with zero attached hydrogens (tertiary/aromatic N) is 4. The first-order valence-corrected chi connectivity index (χ1v) is 5.34. The first-order chi connectivity index (χ1) is 7.63. The summed E-state index contributed by atoms with van der Waals surface area (Å²) in [7, 11) is 5.66. The molecule has 0 saturated carbocycles. The highest BCUT2D eigenvalue weighted by molar-refractivity contribution is 6.31. The maximum Gasteiger partial charge on any atom is 0.0837 e. The van der Waals surface area contributed by atoms with Gasteiger partial charge in [0.2, 0.25) is 0 Å². The largest absolute Gasteiger partial charge is 0.308 e. The fraction of sp³-hybridized carbons (Fsp3) is 0.400. The minimum absolute atomic E-state index is 0.00806. The topological polar surface area (TPSA) is 47.7 Å². The third kappa shape index (κ3) is 1.83. The van der Waals surface area contributed by atoms with E-state index in [1.807, 2.05) is 33.5 Å². The Labute approximate surface area is 99.0 Å². The quantitative estimate of drug-likeness (QED) is 0.873. The standard InChI is InChI=1S/C10H14ClN5/c1-12-9(7-4-13-15(2)6-7)10-8(11)5-14-16(10)3/h4-6,9,12H,1-3H3. The third-order valence-electron chi connectivity index (χ3n) is 2.56. The molecule has 0 saturated heterocycles. The molecule has 0 aliphatic heterocycles. The minimum Gasteiger partial charge on any atom is -0.308 e. The van der Waals surface area contributed by atoms with E-state index in [1.165, 1.54) is 0 Å². The zero-order valence-electron chi connectivity index (χ0n) is 9.48. The Morgan fingerprint density at radius 2 is 2.06 bits per heavy atom. The van der Waals surface area contributed by atoms with Gasteiger partial charge >= 0.3 is 0 Å². The van der Waals surface area contributed by atoms with Crippen molar-refractivity contribution in [3.63, 3.8) is 0 Å². The number of nitrogens with one attached hydrogen (secondary N) is 1. The molecular weight excluding hydrogens is 226 g/mol. The molecule has 6 heteroatoms. The summed E-state index contributed by atoms with van der Waals surface area (Å²) in [4.78, 5) is 0. The van der Waals surface area contributed by atoms with Gasteiger partial charge in [0, 0.05) is 25.9 Å². The van der Waals surface area contributed by atoms with Crippen LogP contribution in [0, 0.1) is 0 Å². The molecule has 2 heterocycles. The van der Waals surface area contributed by atoms with E-state index < -0.39 is 0 Å². The normalized spacial score (nSPS) is 13.0. The van der Waals surface area contributed by atoms with Crippen molar-refractivity contribution in [1.29, 1.82) is 0 Å². The van der Waals surface area contributed by atoms with Gasteiger partial charge in [-0.05, 0) is 7.05 Å². The average molecular weight is 240 g/mol. The van der Waals surface area contributed by atoms with Gasteiger partial charge in [0.05, 0.1) is 29.2 Å². The Morgan fingerprint density at radius 1 is 1.31 bits per heavy atom. The molecule has 0 aliphatic carbocycles. The average Bonchev–Trinajstić information content (AvgIpc) is 2.80. The molecule has 2 aromatic rings. The van der Waals surface area contributed by atoms with E-state index in [2.05, 4.69) is 15.5 Å². The first kappa shape index (κ1) is 11.2. The Bertz CT molecular complexity index is 468. The molecule has 0 amide bonds. The van der Waals surface area contributed by atoms with E-state index >= 15 is 0 Å². The Hall–Kier alpha value is -1.33. The smallest absolute Gasteiger partial charge is 0.0837 e. The third-order valence-corrected chi connectivity index (χ3v) is 2.85. The van der Waals surface area contributed by atoms with Gasteiger partial charge < -0.3 is 5.32 Å². The molecule has 0 aliphatic rings. The van der Waals surface area contributed by atoms with Crippen molar-refractivity contribution >= 4 is 11.6 Å². The second-order valence-electron chi connectivity index (χ2n) is 3.67. The van der Waals surface area contributed by atoms with Crippen molar-refractivity contribution in [2.24, 2.45) is 14.1 Å². The molecule has 1 N–H and O–H groups in total. The van der Waals surface area contributed by atoms with Gasteiger partial charge in [-0.15, -0.1) is 0 Å². The molecule has 0 fully saturated rings. The fourth-order valence-corrected chi connectivity index (χ4v) is 2.07. The highest BCUT2D eigenvalue weighted by atomic mass is 35.5. The van der Waals surface area contributed by atoms with Crippen LogP contribution in [0.25, 0.3) is 0 Å². The molecule has 1 atom stereocenters. The highest BCUT2D eigenvalue weighted by Crippen LogP contribution is 2.26. The summed E-state index contributed by atoms with van der Waals surface area (Å²) in [6.45, 7) is 0. The maximum absolute atomic E-state index is 6.12. The van der Waals surface area contributed by atoms with E-state index in [1.54, 1.807) is 15.6 Å². The van der Waals surface area contributed by atoms with Gasteiger partial charge in [-0.25, -0.2) is 0 Å². The summed E-state index contributed by atoms with van der Waals surface area (Å²) in [6.07, 6.45) is 5.44. The molecule has 0 radical (unpaired) electrons. The van der Waals surface area contributed by atoms with Crippen LogP contribution in [-0.2, 0) is 14.1 Å². The fourth-order valence-electron chi connectivity index (χ4n) is 1.80. The summed E-state index contributed by atoms with van der Waals surface area (Å²) in [5.41, 5.74) is 2.01. The minimum atomic E-state index is 0.00806. The highest BCUT2D eigenvalue weighted by Gasteiger charge is 2.20. The van der Waals surface area contributed by atoms with Gasteiger partial charge in [-0.3, -0.25) is 9.36 Å². The molecular formula is C10H14ClN5. The summed E-state index contributed by atoms with van der Waals surface area (Å²) < 4.78 is 3.54. The lowest BCUT2D eigenvalue weighted by Gasteiger charge is -2.15. The van der Waals surface area contributed by atoms with Crippen LogP contribution >= 0.6 is 11.6 Å².